The van der Waals surface area contributed by atoms with Crippen LogP contribution in [0.25, 0.3) is 21.1 Å². The van der Waals surface area contributed by atoms with Crippen LogP contribution in [0.4, 0.5) is 5.69 Å². The molecule has 0 saturated carbocycles. The van der Waals surface area contributed by atoms with Gasteiger partial charge >= 0.3 is 10.8 Å². The zero-order valence-corrected chi connectivity index (χ0v) is 16.5. The lowest BCUT2D eigenvalue weighted by atomic mass is 10.2. The van der Waals surface area contributed by atoms with Crippen molar-refractivity contribution < 1.29 is 19.1 Å². The first kappa shape index (κ1) is 18.8. The van der Waals surface area contributed by atoms with Gasteiger partial charge in [0.1, 0.15) is 18.0 Å². The molecule has 9 heteroatoms. The number of amides is 1. The Hall–Kier alpha value is -3.59. The van der Waals surface area contributed by atoms with Gasteiger partial charge in [-0.15, -0.1) is 0 Å². The van der Waals surface area contributed by atoms with Gasteiger partial charge in [0.2, 0.25) is 5.91 Å². The van der Waals surface area contributed by atoms with Crippen LogP contribution in [-0.2, 0) is 16.1 Å². The molecular formula is C20H17N3O5S. The number of hydrogen-bond donors (Lipinski definition) is 2. The topological polar surface area (TPSA) is 102 Å². The number of methoxy groups -OCH3 is 2. The number of rotatable bonds is 5. The summed E-state index contributed by atoms with van der Waals surface area (Å²) in [7, 11) is 2.80. The van der Waals surface area contributed by atoms with Crippen LogP contribution in [-0.4, -0.2) is 35.6 Å². The lowest BCUT2D eigenvalue weighted by molar-refractivity contribution is -0.116. The van der Waals surface area contributed by atoms with Crippen molar-refractivity contribution in [1.29, 1.82) is 0 Å². The second-order valence-electron chi connectivity index (χ2n) is 6.25. The van der Waals surface area contributed by atoms with Gasteiger partial charge < -0.3 is 19.8 Å². The molecule has 2 N–H and O–H groups in total. The van der Waals surface area contributed by atoms with Crippen LogP contribution in [0.3, 0.4) is 0 Å². The van der Waals surface area contributed by atoms with Crippen LogP contribution in [0.15, 0.2) is 47.3 Å². The summed E-state index contributed by atoms with van der Waals surface area (Å²) in [6, 6.07) is 12.4. The van der Waals surface area contributed by atoms with Gasteiger partial charge in [0.05, 0.1) is 35.6 Å². The van der Waals surface area contributed by atoms with E-state index in [1.807, 2.05) is 18.2 Å². The number of H-pyrrole nitrogens is 1. The molecule has 0 aliphatic carbocycles. The van der Waals surface area contributed by atoms with E-state index in [2.05, 4.69) is 10.3 Å². The lowest BCUT2D eigenvalue weighted by Gasteiger charge is -2.08. The fourth-order valence-electron chi connectivity index (χ4n) is 3.17. The largest absolute Gasteiger partial charge is 0.497 e. The summed E-state index contributed by atoms with van der Waals surface area (Å²) in [4.78, 5) is 40.0. The van der Waals surface area contributed by atoms with Crippen molar-refractivity contribution in [2.24, 2.45) is 0 Å². The smallest absolute Gasteiger partial charge is 0.356 e. The normalized spacial score (nSPS) is 11.0. The number of aromatic amines is 1. The molecule has 2 heterocycles. The van der Waals surface area contributed by atoms with Crippen molar-refractivity contribution in [2.45, 2.75) is 6.54 Å². The number of ether oxygens (including phenoxy) is 2. The number of carbonyl (C=O) groups is 2. The lowest BCUT2D eigenvalue weighted by Crippen LogP contribution is -2.25. The molecule has 29 heavy (non-hydrogen) atoms. The van der Waals surface area contributed by atoms with Crippen molar-refractivity contribution in [2.75, 3.05) is 19.5 Å². The van der Waals surface area contributed by atoms with Gasteiger partial charge in [0.25, 0.3) is 0 Å². The van der Waals surface area contributed by atoms with Crippen molar-refractivity contribution in [3.05, 3.63) is 57.8 Å². The van der Waals surface area contributed by atoms with E-state index < -0.39 is 11.9 Å². The summed E-state index contributed by atoms with van der Waals surface area (Å²) in [5.41, 5.74) is 1.71. The number of benzene rings is 2. The quantitative estimate of drug-likeness (QED) is 0.492. The number of thiazole rings is 1. The third-order valence-electron chi connectivity index (χ3n) is 4.54. The number of carbonyl (C=O) groups excluding carboxylic acids is 2. The van der Waals surface area contributed by atoms with Crippen molar-refractivity contribution >= 4 is 50.0 Å². The molecule has 0 atom stereocenters. The second-order valence-corrected chi connectivity index (χ2v) is 7.24. The van der Waals surface area contributed by atoms with Gasteiger partial charge in [-0.1, -0.05) is 23.5 Å². The van der Waals surface area contributed by atoms with E-state index in [0.29, 0.717) is 27.9 Å². The zero-order chi connectivity index (χ0) is 20.5. The second kappa shape index (κ2) is 7.44. The first-order valence-electron chi connectivity index (χ1n) is 8.68. The van der Waals surface area contributed by atoms with E-state index >= 15 is 0 Å². The summed E-state index contributed by atoms with van der Waals surface area (Å²) < 4.78 is 12.2. The maximum absolute atomic E-state index is 12.7. The summed E-state index contributed by atoms with van der Waals surface area (Å²) in [6.07, 6.45) is 0. The summed E-state index contributed by atoms with van der Waals surface area (Å²) in [5, 5.41) is 3.38. The minimum absolute atomic E-state index is 0.117. The number of nitrogens with one attached hydrogen (secondary N) is 2. The van der Waals surface area contributed by atoms with Gasteiger partial charge in [-0.2, -0.15) is 0 Å². The van der Waals surface area contributed by atoms with Gasteiger partial charge in [-0.05, 0) is 24.3 Å². The summed E-state index contributed by atoms with van der Waals surface area (Å²) in [5.74, 6) is -0.449. The van der Waals surface area contributed by atoms with Gasteiger partial charge in [-0.3, -0.25) is 14.2 Å². The van der Waals surface area contributed by atoms with E-state index in [1.54, 1.807) is 24.3 Å². The number of nitrogens with zero attached hydrogens (tertiary/aromatic N) is 1. The van der Waals surface area contributed by atoms with Crippen LogP contribution >= 0.6 is 11.3 Å². The molecule has 0 bridgehead atoms. The molecule has 8 nitrogen and oxygen atoms in total. The molecule has 0 spiro atoms. The van der Waals surface area contributed by atoms with Crippen molar-refractivity contribution in [1.82, 2.24) is 9.55 Å². The third-order valence-corrected chi connectivity index (χ3v) is 5.50. The van der Waals surface area contributed by atoms with E-state index in [4.69, 9.17) is 9.47 Å². The number of fused-ring (bicyclic) bond motifs is 2. The predicted octanol–water partition coefficient (Wildman–Crippen LogP) is 2.98. The Balaban J connectivity index is 1.71. The average Bonchev–Trinajstić information content (AvgIpc) is 3.24. The first-order chi connectivity index (χ1) is 14.0. The fourth-order valence-corrected chi connectivity index (χ4v) is 4.07. The van der Waals surface area contributed by atoms with Gasteiger partial charge in [0, 0.05) is 11.5 Å². The molecule has 0 fully saturated rings. The molecule has 1 amide bonds. The Morgan fingerprint density at radius 1 is 1.17 bits per heavy atom. The molecular weight excluding hydrogens is 394 g/mol. The highest BCUT2D eigenvalue weighted by molar-refractivity contribution is 7.16. The van der Waals surface area contributed by atoms with Crippen molar-refractivity contribution in [3.63, 3.8) is 0 Å². The zero-order valence-electron chi connectivity index (χ0n) is 15.6. The van der Waals surface area contributed by atoms with E-state index in [1.165, 1.54) is 18.8 Å². The highest BCUT2D eigenvalue weighted by atomic mass is 32.1. The maximum atomic E-state index is 12.7. The van der Waals surface area contributed by atoms with E-state index in [9.17, 15) is 14.4 Å². The molecule has 0 aliphatic heterocycles. The molecule has 4 rings (SSSR count). The molecule has 4 aromatic rings. The molecule has 0 aliphatic rings. The molecule has 2 aromatic heterocycles. The number of anilines is 1. The number of aromatic nitrogens is 2. The molecule has 2 aromatic carbocycles. The maximum Gasteiger partial charge on any atom is 0.356 e. The summed E-state index contributed by atoms with van der Waals surface area (Å²) in [6.45, 7) is -0.174. The van der Waals surface area contributed by atoms with Crippen LogP contribution in [0.1, 0.15) is 10.5 Å². The molecule has 0 radical (unpaired) electrons. The highest BCUT2D eigenvalue weighted by Gasteiger charge is 2.21. The Labute approximate surface area is 168 Å². The van der Waals surface area contributed by atoms with Crippen LogP contribution in [0.5, 0.6) is 5.75 Å². The Morgan fingerprint density at radius 2 is 1.97 bits per heavy atom. The van der Waals surface area contributed by atoms with Gasteiger partial charge in [0.15, 0.2) is 0 Å². The fraction of sp³-hybridized carbons (Fsp3) is 0.150. The van der Waals surface area contributed by atoms with Crippen LogP contribution < -0.4 is 14.9 Å². The number of esters is 1. The predicted molar refractivity (Wildman–Crippen MR) is 111 cm³/mol. The molecule has 148 valence electrons. The Bertz CT molecular complexity index is 1300. The minimum Gasteiger partial charge on any atom is -0.497 e. The van der Waals surface area contributed by atoms with Gasteiger partial charge in [-0.25, -0.2) is 4.79 Å². The standard InChI is InChI=1S/C20H17N3O5S/c1-27-11-7-8-12-13(9-11)21-18(19(25)28-2)17(12)22-16(24)10-23-14-5-3-4-6-15(14)29-20(23)26/h3-9,21H,10H2,1-2H3,(H,22,24). The monoisotopic (exact) mass is 411 g/mol. The van der Waals surface area contributed by atoms with E-state index in [-0.39, 0.29) is 17.1 Å². The third kappa shape index (κ3) is 3.36. The van der Waals surface area contributed by atoms with Crippen LogP contribution in [0, 0.1) is 0 Å². The Kier molecular flexibility index (Phi) is 4.81. The van der Waals surface area contributed by atoms with Crippen LogP contribution in [0.2, 0.25) is 0 Å². The molecule has 0 unspecified atom stereocenters. The number of hydrogen-bond acceptors (Lipinski definition) is 6. The molecule has 0 saturated heterocycles. The highest BCUT2D eigenvalue weighted by Crippen LogP contribution is 2.31. The average molecular weight is 411 g/mol. The first-order valence-corrected chi connectivity index (χ1v) is 9.49. The Morgan fingerprint density at radius 3 is 2.72 bits per heavy atom. The van der Waals surface area contributed by atoms with Crippen molar-refractivity contribution in [3.8, 4) is 5.75 Å². The summed E-state index contributed by atoms with van der Waals surface area (Å²) >= 11 is 1.08. The minimum atomic E-state index is -0.617. The SMILES string of the molecule is COC(=O)c1[nH]c2cc(OC)ccc2c1NC(=O)Cn1c(=O)sc2ccccc21. The van der Waals surface area contributed by atoms with E-state index in [0.717, 1.165) is 16.0 Å². The number of para-hydroxylation sites is 1.